The van der Waals surface area contributed by atoms with Crippen LogP contribution in [0.15, 0.2) is 17.0 Å². The second-order valence-corrected chi connectivity index (χ2v) is 1.41. The minimum absolute atomic E-state index is 0.269. The molecule has 0 aliphatic heterocycles. The molecule has 0 aliphatic carbocycles. The predicted octanol–water partition coefficient (Wildman–Crippen LogP) is 0.959. The highest BCUT2D eigenvalue weighted by Crippen LogP contribution is 1.77. The largest absolute Gasteiger partial charge is 0.199 e. The maximum Gasteiger partial charge on any atom is 0.199 e. The predicted molar refractivity (Wildman–Crippen MR) is 30.3 cm³/mol. The summed E-state index contributed by atoms with van der Waals surface area (Å²) in [5.41, 5.74) is 0. The smallest absolute Gasteiger partial charge is 0.194 e. The van der Waals surface area contributed by atoms with Gasteiger partial charge in [0.15, 0.2) is 11.5 Å². The van der Waals surface area contributed by atoms with Crippen molar-refractivity contribution >= 4 is 11.5 Å². The summed E-state index contributed by atoms with van der Waals surface area (Å²) in [6, 6.07) is 0. The van der Waals surface area contributed by atoms with Crippen molar-refractivity contribution in [2.24, 2.45) is 4.36 Å². The minimum Gasteiger partial charge on any atom is -0.194 e. The van der Waals surface area contributed by atoms with Gasteiger partial charge in [0.1, 0.15) is 0 Å². The lowest BCUT2D eigenvalue weighted by molar-refractivity contribution is 0.696. The van der Waals surface area contributed by atoms with E-state index in [0.717, 1.165) is 6.42 Å². The zero-order valence-corrected chi connectivity index (χ0v) is 4.78. The molecule has 7 heavy (non-hydrogen) atoms. The molecule has 0 aromatic rings. The van der Waals surface area contributed by atoms with E-state index in [1.807, 2.05) is 0 Å². The Morgan fingerprint density at radius 2 is 2.57 bits per heavy atom. The van der Waals surface area contributed by atoms with Crippen molar-refractivity contribution in [2.45, 2.75) is 6.42 Å². The van der Waals surface area contributed by atoms with Gasteiger partial charge >= 0.3 is 0 Å². The SMILES string of the molecule is C=CCCN=S=O. The number of nitrogens with zero attached hydrogens (tertiary/aromatic N) is 1. The molecule has 0 aromatic heterocycles. The van der Waals surface area contributed by atoms with Gasteiger partial charge in [-0.25, -0.2) is 0 Å². The Morgan fingerprint density at radius 1 is 1.86 bits per heavy atom. The fourth-order valence-electron chi connectivity index (χ4n) is 0.181. The van der Waals surface area contributed by atoms with E-state index in [1.165, 1.54) is 0 Å². The first-order valence-corrected chi connectivity index (χ1v) is 2.68. The first-order chi connectivity index (χ1) is 3.41. The van der Waals surface area contributed by atoms with Gasteiger partial charge in [-0.05, 0) is 6.42 Å². The topological polar surface area (TPSA) is 29.4 Å². The summed E-state index contributed by atoms with van der Waals surface area (Å²) in [6.45, 7) is 4.06. The van der Waals surface area contributed by atoms with Crippen LogP contribution in [-0.4, -0.2) is 10.8 Å². The molecule has 0 rings (SSSR count). The van der Waals surface area contributed by atoms with Crippen LogP contribution < -0.4 is 0 Å². The summed E-state index contributed by atoms with van der Waals surface area (Å²) in [5.74, 6) is 0. The Morgan fingerprint density at radius 3 is 3.00 bits per heavy atom. The van der Waals surface area contributed by atoms with E-state index in [9.17, 15) is 4.21 Å². The highest BCUT2D eigenvalue weighted by molar-refractivity contribution is 7.54. The molecule has 0 N–H and O–H groups in total. The van der Waals surface area contributed by atoms with Crippen LogP contribution in [-0.2, 0) is 11.5 Å². The molecule has 0 aromatic carbocycles. The number of rotatable bonds is 3. The second-order valence-electron chi connectivity index (χ2n) is 1.00. The maximum absolute atomic E-state index is 9.52. The van der Waals surface area contributed by atoms with Crippen molar-refractivity contribution in [3.8, 4) is 0 Å². The lowest BCUT2D eigenvalue weighted by Gasteiger charge is -1.75. The Kier molecular flexibility index (Phi) is 5.21. The normalized spacial score (nSPS) is 7.43. The standard InChI is InChI=1S/C4H7NOS/c1-2-3-4-5-7-6/h2H,1,3-4H2. The lowest BCUT2D eigenvalue weighted by atomic mass is 10.4. The molecule has 0 spiro atoms. The molecular formula is C4H7NOS. The van der Waals surface area contributed by atoms with Crippen molar-refractivity contribution in [2.75, 3.05) is 6.54 Å². The van der Waals surface area contributed by atoms with Crippen LogP contribution >= 0.6 is 0 Å². The average Bonchev–Trinajstić information content (AvgIpc) is 1.69. The molecule has 0 aliphatic rings. The molecule has 0 saturated carbocycles. The van der Waals surface area contributed by atoms with E-state index in [0.29, 0.717) is 6.54 Å². The van der Waals surface area contributed by atoms with E-state index in [4.69, 9.17) is 0 Å². The van der Waals surface area contributed by atoms with Gasteiger partial charge < -0.3 is 0 Å². The van der Waals surface area contributed by atoms with E-state index >= 15 is 0 Å². The van der Waals surface area contributed by atoms with Crippen molar-refractivity contribution in [3.63, 3.8) is 0 Å². The molecule has 2 nitrogen and oxygen atoms in total. The van der Waals surface area contributed by atoms with Gasteiger partial charge in [0.05, 0.1) is 6.54 Å². The minimum atomic E-state index is 0.269. The van der Waals surface area contributed by atoms with Crippen LogP contribution in [0.1, 0.15) is 6.42 Å². The zero-order chi connectivity index (χ0) is 5.54. The van der Waals surface area contributed by atoms with Crippen LogP contribution in [0.3, 0.4) is 0 Å². The van der Waals surface area contributed by atoms with E-state index in [1.54, 1.807) is 6.08 Å². The fraction of sp³-hybridized carbons (Fsp3) is 0.500. The van der Waals surface area contributed by atoms with Crippen molar-refractivity contribution < 1.29 is 4.21 Å². The maximum atomic E-state index is 9.52. The van der Waals surface area contributed by atoms with Crippen LogP contribution in [0, 0.1) is 0 Å². The quantitative estimate of drug-likeness (QED) is 0.400. The molecule has 0 heterocycles. The Hall–Kier alpha value is -0.440. The molecule has 0 radical (unpaired) electrons. The van der Waals surface area contributed by atoms with Crippen LogP contribution in [0.4, 0.5) is 0 Å². The molecular weight excluding hydrogens is 110 g/mol. The molecule has 0 atom stereocenters. The van der Waals surface area contributed by atoms with Gasteiger partial charge in [0.25, 0.3) is 0 Å². The van der Waals surface area contributed by atoms with Gasteiger partial charge in [-0.3, -0.25) is 0 Å². The number of hydrogen-bond donors (Lipinski definition) is 0. The molecule has 0 bridgehead atoms. The number of hydrogen-bond acceptors (Lipinski definition) is 2. The van der Waals surface area contributed by atoms with Crippen LogP contribution in [0.2, 0.25) is 0 Å². The van der Waals surface area contributed by atoms with Crippen molar-refractivity contribution in [3.05, 3.63) is 12.7 Å². The zero-order valence-electron chi connectivity index (χ0n) is 3.96. The van der Waals surface area contributed by atoms with Crippen LogP contribution in [0.25, 0.3) is 0 Å². The molecule has 3 heteroatoms. The molecule has 0 unspecified atom stereocenters. The Labute approximate surface area is 46.5 Å². The summed E-state index contributed by atoms with van der Waals surface area (Å²) in [5, 5.41) is 0. The Bertz CT molecular complexity index is 95.9. The average molecular weight is 117 g/mol. The first kappa shape index (κ1) is 6.56. The molecule has 0 fully saturated rings. The van der Waals surface area contributed by atoms with Gasteiger partial charge in [-0.15, -0.1) is 6.58 Å². The van der Waals surface area contributed by atoms with Crippen molar-refractivity contribution in [1.82, 2.24) is 0 Å². The van der Waals surface area contributed by atoms with Crippen molar-refractivity contribution in [1.29, 1.82) is 0 Å². The van der Waals surface area contributed by atoms with Gasteiger partial charge in [0, 0.05) is 0 Å². The first-order valence-electron chi connectivity index (χ1n) is 1.98. The summed E-state index contributed by atoms with van der Waals surface area (Å²) in [6.07, 6.45) is 2.54. The molecule has 0 amide bonds. The summed E-state index contributed by atoms with van der Waals surface area (Å²) in [7, 11) is 0. The highest BCUT2D eigenvalue weighted by Gasteiger charge is 1.70. The van der Waals surface area contributed by atoms with E-state index < -0.39 is 0 Å². The summed E-state index contributed by atoms with van der Waals surface area (Å²) >= 11 is 0.269. The van der Waals surface area contributed by atoms with E-state index in [-0.39, 0.29) is 11.5 Å². The highest BCUT2D eigenvalue weighted by atomic mass is 32.1. The molecule has 40 valence electrons. The third-order valence-electron chi connectivity index (χ3n) is 0.477. The third kappa shape index (κ3) is 5.56. The van der Waals surface area contributed by atoms with E-state index in [2.05, 4.69) is 10.9 Å². The lowest BCUT2D eigenvalue weighted by Crippen LogP contribution is -1.70. The second kappa shape index (κ2) is 5.56. The van der Waals surface area contributed by atoms with Gasteiger partial charge in [0.2, 0.25) is 0 Å². The third-order valence-corrected chi connectivity index (χ3v) is 0.765. The Balaban J connectivity index is 2.97. The molecule has 0 saturated heterocycles. The fourth-order valence-corrected chi connectivity index (χ4v) is 0.361. The monoisotopic (exact) mass is 117 g/mol. The summed E-state index contributed by atoms with van der Waals surface area (Å²) in [4.78, 5) is 0. The van der Waals surface area contributed by atoms with Gasteiger partial charge in [-0.2, -0.15) is 8.57 Å². The van der Waals surface area contributed by atoms with Crippen LogP contribution in [0.5, 0.6) is 0 Å². The summed E-state index contributed by atoms with van der Waals surface area (Å²) < 4.78 is 13.0. The van der Waals surface area contributed by atoms with Gasteiger partial charge in [-0.1, -0.05) is 6.08 Å².